The predicted octanol–water partition coefficient (Wildman–Crippen LogP) is 5.01. The third-order valence-corrected chi connectivity index (χ3v) is 5.09. The summed E-state index contributed by atoms with van der Waals surface area (Å²) >= 11 is 0. The van der Waals surface area contributed by atoms with Crippen LogP contribution in [0.1, 0.15) is 35.6 Å². The number of anilines is 2. The molecule has 2 aromatic carbocycles. The summed E-state index contributed by atoms with van der Waals surface area (Å²) in [6.07, 6.45) is 0.902. The van der Waals surface area contributed by atoms with E-state index >= 15 is 0 Å². The van der Waals surface area contributed by atoms with Gasteiger partial charge >= 0.3 is 6.18 Å². The Kier molecular flexibility index (Phi) is 8.86. The molecule has 0 spiro atoms. The Bertz CT molecular complexity index is 1190. The Morgan fingerprint density at radius 1 is 1.15 bits per heavy atom. The van der Waals surface area contributed by atoms with Crippen LogP contribution in [0.5, 0.6) is 0 Å². The lowest BCUT2D eigenvalue weighted by atomic mass is 10.1. The molecular weight excluding hydrogens is 474 g/mol. The van der Waals surface area contributed by atoms with Gasteiger partial charge in [0.25, 0.3) is 0 Å². The van der Waals surface area contributed by atoms with Crippen LogP contribution < -0.4 is 15.4 Å². The highest BCUT2D eigenvalue weighted by Crippen LogP contribution is 2.32. The number of carbonyl (C=O) groups is 1. The van der Waals surface area contributed by atoms with E-state index < -0.39 is 33.5 Å². The molecule has 184 valence electrons. The van der Waals surface area contributed by atoms with Gasteiger partial charge in [0.1, 0.15) is 5.82 Å². The van der Waals surface area contributed by atoms with Crippen molar-refractivity contribution in [3.8, 4) is 0 Å². The average molecular weight is 500 g/mol. The van der Waals surface area contributed by atoms with Gasteiger partial charge in [0.15, 0.2) is 0 Å². The van der Waals surface area contributed by atoms with Crippen LogP contribution in [0.4, 0.5) is 28.9 Å². The van der Waals surface area contributed by atoms with Gasteiger partial charge in [-0.25, -0.2) is 12.8 Å². The molecule has 6 nitrogen and oxygen atoms in total. The summed E-state index contributed by atoms with van der Waals surface area (Å²) < 4.78 is 78.4. The normalized spacial score (nSPS) is 11.9. The van der Waals surface area contributed by atoms with E-state index in [9.17, 15) is 30.8 Å². The Hall–Kier alpha value is -3.34. The predicted molar refractivity (Wildman–Crippen MR) is 126 cm³/mol. The number of nitrogens with one attached hydrogen (secondary N) is 3. The Balaban J connectivity index is 2.15. The molecule has 0 aromatic heterocycles. The molecule has 1 amide bonds. The number of halogens is 4. The Labute approximate surface area is 195 Å². The van der Waals surface area contributed by atoms with Gasteiger partial charge in [0, 0.05) is 30.4 Å². The molecule has 0 atom stereocenters. The fraction of sp³-hybridized carbons (Fsp3) is 0.261. The molecule has 0 fully saturated rings. The van der Waals surface area contributed by atoms with E-state index in [0.29, 0.717) is 24.1 Å². The van der Waals surface area contributed by atoms with Crippen LogP contribution >= 0.6 is 0 Å². The first kappa shape index (κ1) is 26.9. The van der Waals surface area contributed by atoms with E-state index in [4.69, 9.17) is 0 Å². The van der Waals surface area contributed by atoms with Crippen LogP contribution in [0.3, 0.4) is 0 Å². The van der Waals surface area contributed by atoms with Crippen molar-refractivity contribution in [3.05, 3.63) is 71.1 Å². The fourth-order valence-corrected chi connectivity index (χ4v) is 3.53. The van der Waals surface area contributed by atoms with Crippen molar-refractivity contribution in [2.24, 2.45) is 0 Å². The molecule has 3 N–H and O–H groups in total. The van der Waals surface area contributed by atoms with Crippen molar-refractivity contribution in [2.75, 3.05) is 22.8 Å². The van der Waals surface area contributed by atoms with E-state index in [1.54, 1.807) is 0 Å². The van der Waals surface area contributed by atoms with Crippen molar-refractivity contribution in [3.63, 3.8) is 0 Å². The molecule has 0 unspecified atom stereocenters. The number of sulfonamides is 1. The molecule has 11 heteroatoms. The van der Waals surface area contributed by atoms with Crippen LogP contribution in [0.15, 0.2) is 43.0 Å². The van der Waals surface area contributed by atoms with Crippen molar-refractivity contribution in [2.45, 2.75) is 26.1 Å². The summed E-state index contributed by atoms with van der Waals surface area (Å²) in [6, 6.07) is 5.73. The Morgan fingerprint density at radius 3 is 2.44 bits per heavy atom. The summed E-state index contributed by atoms with van der Waals surface area (Å²) in [6.45, 7) is 5.78. The average Bonchev–Trinajstić information content (AvgIpc) is 2.75. The van der Waals surface area contributed by atoms with Gasteiger partial charge in [-0.3, -0.25) is 9.52 Å². The molecule has 34 heavy (non-hydrogen) atoms. The summed E-state index contributed by atoms with van der Waals surface area (Å²) in [5.74, 6) is -1.39. The highest BCUT2D eigenvalue weighted by molar-refractivity contribution is 7.92. The van der Waals surface area contributed by atoms with Crippen molar-refractivity contribution < 1.29 is 30.8 Å². The molecule has 0 aliphatic rings. The molecule has 0 aliphatic heterocycles. The second kappa shape index (κ2) is 11.2. The van der Waals surface area contributed by atoms with Crippen LogP contribution in [0.25, 0.3) is 12.2 Å². The SMILES string of the molecule is C=Cc1cc(CNC(=O)/C=C/c2ccc(C(F)(F)F)cc2NCCC)cc(F)c1NS(C)(=O)=O. The number of hydrogen-bond donors (Lipinski definition) is 3. The number of hydrogen-bond acceptors (Lipinski definition) is 4. The third kappa shape index (κ3) is 7.91. The van der Waals surface area contributed by atoms with Crippen molar-refractivity contribution in [1.29, 1.82) is 0 Å². The molecule has 0 heterocycles. The highest BCUT2D eigenvalue weighted by Gasteiger charge is 2.30. The van der Waals surface area contributed by atoms with Gasteiger partial charge in [-0.2, -0.15) is 13.2 Å². The van der Waals surface area contributed by atoms with Crippen molar-refractivity contribution >= 4 is 39.5 Å². The van der Waals surface area contributed by atoms with Crippen LogP contribution in [-0.4, -0.2) is 27.1 Å². The topological polar surface area (TPSA) is 87.3 Å². The lowest BCUT2D eigenvalue weighted by molar-refractivity contribution is -0.137. The first-order valence-electron chi connectivity index (χ1n) is 10.2. The molecule has 0 saturated heterocycles. The van der Waals surface area contributed by atoms with Gasteiger partial charge in [-0.1, -0.05) is 25.6 Å². The molecule has 0 aliphatic carbocycles. The quantitative estimate of drug-likeness (QED) is 0.317. The minimum atomic E-state index is -4.49. The smallest absolute Gasteiger partial charge is 0.385 e. The number of amides is 1. The molecule has 0 saturated carbocycles. The maximum atomic E-state index is 14.4. The standard InChI is InChI=1S/C23H25F4N3O3S/c1-4-10-28-20-13-18(23(25,26)27)8-6-17(20)7-9-21(31)29-14-15-11-16(5-2)22(19(24)12-15)30-34(3,32)33/h5-9,11-13,28,30H,2,4,10,14H2,1,3H3,(H,29,31)/b9-7+. The van der Waals surface area contributed by atoms with Crippen molar-refractivity contribution in [1.82, 2.24) is 5.32 Å². The first-order valence-corrected chi connectivity index (χ1v) is 12.1. The monoisotopic (exact) mass is 499 g/mol. The van der Waals surface area contributed by atoms with Crippen LogP contribution in [0.2, 0.25) is 0 Å². The second-order valence-electron chi connectivity index (χ2n) is 7.40. The molecule has 2 aromatic rings. The van der Waals surface area contributed by atoms with Gasteiger partial charge in [-0.15, -0.1) is 0 Å². The zero-order chi connectivity index (χ0) is 25.5. The van der Waals surface area contributed by atoms with E-state index in [-0.39, 0.29) is 23.5 Å². The number of carbonyl (C=O) groups excluding carboxylic acids is 1. The minimum Gasteiger partial charge on any atom is -0.385 e. The van der Waals surface area contributed by atoms with E-state index in [1.807, 2.05) is 6.92 Å². The summed E-state index contributed by atoms with van der Waals surface area (Å²) in [7, 11) is -3.71. The van der Waals surface area contributed by atoms with Crippen LogP contribution in [-0.2, 0) is 27.5 Å². The Morgan fingerprint density at radius 2 is 1.85 bits per heavy atom. The number of rotatable bonds is 10. The molecule has 0 bridgehead atoms. The zero-order valence-corrected chi connectivity index (χ0v) is 19.4. The van der Waals surface area contributed by atoms with Gasteiger partial charge in [-0.05, 0) is 47.9 Å². The first-order chi connectivity index (χ1) is 15.8. The maximum absolute atomic E-state index is 14.4. The largest absolute Gasteiger partial charge is 0.416 e. The molecular formula is C23H25F4N3O3S. The van der Waals surface area contributed by atoms with Crippen LogP contribution in [0, 0.1) is 5.82 Å². The fourth-order valence-electron chi connectivity index (χ4n) is 2.95. The highest BCUT2D eigenvalue weighted by atomic mass is 32.2. The summed E-state index contributed by atoms with van der Waals surface area (Å²) in [5, 5.41) is 5.46. The maximum Gasteiger partial charge on any atom is 0.416 e. The number of benzene rings is 2. The van der Waals surface area contributed by atoms with Gasteiger partial charge in [0.2, 0.25) is 15.9 Å². The van der Waals surface area contributed by atoms with E-state index in [0.717, 1.165) is 30.5 Å². The van der Waals surface area contributed by atoms with Gasteiger partial charge < -0.3 is 10.6 Å². The zero-order valence-electron chi connectivity index (χ0n) is 18.6. The molecule has 0 radical (unpaired) electrons. The third-order valence-electron chi connectivity index (χ3n) is 4.51. The lowest BCUT2D eigenvalue weighted by Gasteiger charge is -2.13. The second-order valence-corrected chi connectivity index (χ2v) is 9.15. The minimum absolute atomic E-state index is 0.0754. The lowest BCUT2D eigenvalue weighted by Crippen LogP contribution is -2.20. The summed E-state index contributed by atoms with van der Waals surface area (Å²) in [4.78, 5) is 12.2. The van der Waals surface area contributed by atoms with E-state index in [2.05, 4.69) is 21.9 Å². The van der Waals surface area contributed by atoms with Gasteiger partial charge in [0.05, 0.1) is 17.5 Å². The molecule has 2 rings (SSSR count). The van der Waals surface area contributed by atoms with E-state index in [1.165, 1.54) is 24.3 Å². The summed E-state index contributed by atoms with van der Waals surface area (Å²) in [5.41, 5.74) is 0.137. The number of alkyl halides is 3.